The van der Waals surface area contributed by atoms with Crippen molar-refractivity contribution in [2.45, 2.75) is 25.7 Å². The van der Waals surface area contributed by atoms with Gasteiger partial charge in [-0.3, -0.25) is 4.79 Å². The predicted molar refractivity (Wildman–Crippen MR) is 138 cm³/mol. The fourth-order valence-electron chi connectivity index (χ4n) is 3.50. The monoisotopic (exact) mass is 556 g/mol. The summed E-state index contributed by atoms with van der Waals surface area (Å²) in [5.74, 6) is -2.68. The van der Waals surface area contributed by atoms with Crippen molar-refractivity contribution in [2.75, 3.05) is 11.9 Å². The molecule has 0 radical (unpaired) electrons. The van der Waals surface area contributed by atoms with Crippen LogP contribution in [0.4, 0.5) is 10.1 Å². The van der Waals surface area contributed by atoms with Crippen LogP contribution in [0.2, 0.25) is 0 Å². The van der Waals surface area contributed by atoms with Crippen LogP contribution < -0.4 is 14.8 Å². The fourth-order valence-corrected chi connectivity index (χ4v) is 4.86. The number of rotatable bonds is 10. The molecule has 0 saturated heterocycles. The quantitative estimate of drug-likeness (QED) is 0.256. The largest absolute Gasteiger partial charge is 0.476 e. The number of carboxylic acids is 1. The van der Waals surface area contributed by atoms with Gasteiger partial charge in [-0.25, -0.2) is 22.3 Å². The van der Waals surface area contributed by atoms with Gasteiger partial charge in [-0.1, -0.05) is 13.8 Å². The van der Waals surface area contributed by atoms with Crippen molar-refractivity contribution >= 4 is 27.6 Å². The Labute approximate surface area is 223 Å². The van der Waals surface area contributed by atoms with Crippen LogP contribution in [0.25, 0.3) is 5.69 Å². The van der Waals surface area contributed by atoms with Crippen LogP contribution in [0.5, 0.6) is 11.6 Å². The van der Waals surface area contributed by atoms with Crippen molar-refractivity contribution in [1.82, 2.24) is 14.5 Å². The summed E-state index contributed by atoms with van der Waals surface area (Å²) in [6.07, 6.45) is 1.33. The van der Waals surface area contributed by atoms with E-state index in [0.29, 0.717) is 0 Å². The third-order valence-corrected chi connectivity index (χ3v) is 6.91. The maximum Gasteiger partial charge on any atom is 0.356 e. The number of hydrogen-bond donors (Lipinski definition) is 3. The number of hydrogen-bond acceptors (Lipinski definition) is 7. The zero-order valence-electron chi connectivity index (χ0n) is 21.1. The molecule has 2 heterocycles. The first kappa shape index (κ1) is 27.5. The number of anilines is 1. The van der Waals surface area contributed by atoms with Crippen molar-refractivity contribution in [3.63, 3.8) is 0 Å². The van der Waals surface area contributed by atoms with E-state index in [1.54, 1.807) is 0 Å². The van der Waals surface area contributed by atoms with Crippen molar-refractivity contribution < 1.29 is 36.7 Å². The van der Waals surface area contributed by atoms with Crippen LogP contribution in [0, 0.1) is 18.7 Å². The van der Waals surface area contributed by atoms with Crippen LogP contribution in [0.3, 0.4) is 0 Å². The number of amides is 1. The van der Waals surface area contributed by atoms with Crippen LogP contribution in [0.15, 0.2) is 70.2 Å². The van der Waals surface area contributed by atoms with E-state index < -0.39 is 27.7 Å². The first-order valence-corrected chi connectivity index (χ1v) is 13.2. The van der Waals surface area contributed by atoms with Crippen molar-refractivity contribution in [3.05, 3.63) is 83.7 Å². The zero-order valence-corrected chi connectivity index (χ0v) is 22.0. The Hall–Kier alpha value is -4.49. The summed E-state index contributed by atoms with van der Waals surface area (Å²) in [4.78, 5) is 24.0. The molecule has 0 unspecified atom stereocenters. The molecule has 0 atom stereocenters. The van der Waals surface area contributed by atoms with E-state index in [1.165, 1.54) is 67.8 Å². The van der Waals surface area contributed by atoms with Gasteiger partial charge in [-0.2, -0.15) is 9.78 Å². The number of nitrogens with zero attached hydrogens (tertiary/aromatic N) is 2. The van der Waals surface area contributed by atoms with Gasteiger partial charge in [0, 0.05) is 17.8 Å². The van der Waals surface area contributed by atoms with Gasteiger partial charge in [0.25, 0.3) is 5.91 Å². The molecular formula is C26H25FN4O7S. The molecule has 0 aliphatic rings. The average Bonchev–Trinajstić information content (AvgIpc) is 3.53. The number of ether oxygens (including phenoxy) is 1. The third-order valence-electron chi connectivity index (χ3n) is 5.47. The van der Waals surface area contributed by atoms with E-state index in [2.05, 4.69) is 15.1 Å². The van der Waals surface area contributed by atoms with Gasteiger partial charge < -0.3 is 19.6 Å². The molecular weight excluding hydrogens is 531 g/mol. The van der Waals surface area contributed by atoms with E-state index in [0.717, 1.165) is 4.68 Å². The molecule has 4 rings (SSSR count). The molecule has 3 N–H and O–H groups in total. The average molecular weight is 557 g/mol. The van der Waals surface area contributed by atoms with Crippen LogP contribution in [-0.2, 0) is 10.0 Å². The number of furan rings is 1. The SMILES string of the molecule is Cc1c(C(=O)O)nn(-c2ccc(F)cc2)c1Oc1ccc(NC(=O)c2ccco2)cc1S(=O)(=O)NCC(C)C. The molecule has 0 fully saturated rings. The Morgan fingerprint density at radius 3 is 2.49 bits per heavy atom. The van der Waals surface area contributed by atoms with Gasteiger partial charge in [0.05, 0.1) is 12.0 Å². The first-order chi connectivity index (χ1) is 18.5. The minimum atomic E-state index is -4.17. The summed E-state index contributed by atoms with van der Waals surface area (Å²) in [5, 5.41) is 16.3. The summed E-state index contributed by atoms with van der Waals surface area (Å²) in [6, 6.07) is 12.0. The second-order valence-electron chi connectivity index (χ2n) is 8.91. The maximum absolute atomic E-state index is 13.5. The number of carboxylic acid groups (broad SMARTS) is 1. The Kier molecular flexibility index (Phi) is 7.83. The molecule has 39 heavy (non-hydrogen) atoms. The number of sulfonamides is 1. The van der Waals surface area contributed by atoms with Gasteiger partial charge in [0.15, 0.2) is 11.5 Å². The van der Waals surface area contributed by atoms with E-state index in [9.17, 15) is 27.5 Å². The molecule has 0 aliphatic heterocycles. The maximum atomic E-state index is 13.5. The Bertz CT molecular complexity index is 1610. The van der Waals surface area contributed by atoms with Gasteiger partial charge in [0.2, 0.25) is 15.9 Å². The molecule has 2 aromatic heterocycles. The highest BCUT2D eigenvalue weighted by Crippen LogP contribution is 2.35. The Balaban J connectivity index is 1.80. The number of carbonyl (C=O) groups is 2. The van der Waals surface area contributed by atoms with E-state index in [-0.39, 0.29) is 57.4 Å². The summed E-state index contributed by atoms with van der Waals surface area (Å²) in [5.41, 5.74) is 0.204. The molecule has 11 nitrogen and oxygen atoms in total. The summed E-state index contributed by atoms with van der Waals surface area (Å²) >= 11 is 0. The van der Waals surface area contributed by atoms with E-state index >= 15 is 0 Å². The zero-order chi connectivity index (χ0) is 28.3. The molecule has 204 valence electrons. The lowest BCUT2D eigenvalue weighted by molar-refractivity contribution is 0.0689. The van der Waals surface area contributed by atoms with Crippen LogP contribution in [-0.4, -0.2) is 41.7 Å². The minimum Gasteiger partial charge on any atom is -0.476 e. The number of benzene rings is 2. The summed E-state index contributed by atoms with van der Waals surface area (Å²) in [7, 11) is -4.17. The lowest BCUT2D eigenvalue weighted by Gasteiger charge is -2.16. The van der Waals surface area contributed by atoms with E-state index in [4.69, 9.17) is 9.15 Å². The molecule has 0 saturated carbocycles. The third kappa shape index (κ3) is 6.16. The van der Waals surface area contributed by atoms with Gasteiger partial charge in [-0.15, -0.1) is 0 Å². The van der Waals surface area contributed by atoms with Crippen molar-refractivity contribution in [2.24, 2.45) is 5.92 Å². The Morgan fingerprint density at radius 1 is 1.15 bits per heavy atom. The predicted octanol–water partition coefficient (Wildman–Crippen LogP) is 4.59. The second kappa shape index (κ2) is 11.1. The molecule has 2 aromatic carbocycles. The Morgan fingerprint density at radius 2 is 1.87 bits per heavy atom. The molecule has 0 spiro atoms. The fraction of sp³-hybridized carbons (Fsp3) is 0.192. The lowest BCUT2D eigenvalue weighted by Crippen LogP contribution is -2.28. The normalized spacial score (nSPS) is 11.5. The molecule has 1 amide bonds. The first-order valence-electron chi connectivity index (χ1n) is 11.7. The van der Waals surface area contributed by atoms with E-state index in [1.807, 2.05) is 13.8 Å². The van der Waals surface area contributed by atoms with Crippen molar-refractivity contribution in [3.8, 4) is 17.3 Å². The number of aromatic carboxylic acids is 1. The van der Waals surface area contributed by atoms with Crippen molar-refractivity contribution in [1.29, 1.82) is 0 Å². The lowest BCUT2D eigenvalue weighted by atomic mass is 10.2. The second-order valence-corrected chi connectivity index (χ2v) is 10.6. The standard InChI is InChI=1S/C26H25FN4O7S/c1-15(2)14-28-39(35,36)22-13-18(29-24(32)21-5-4-12-37-21)8-11-20(22)38-25-16(3)23(26(33)34)30-31(25)19-9-6-17(27)7-10-19/h4-13,15,28H,14H2,1-3H3,(H,29,32)(H,33,34). The highest BCUT2D eigenvalue weighted by Gasteiger charge is 2.27. The van der Waals surface area contributed by atoms with Gasteiger partial charge in [-0.05, 0) is 67.4 Å². The summed E-state index contributed by atoms with van der Waals surface area (Å²) in [6.45, 7) is 5.24. The topological polar surface area (TPSA) is 153 Å². The molecule has 4 aromatic rings. The summed E-state index contributed by atoms with van der Waals surface area (Å²) < 4.78 is 54.9. The molecule has 0 bridgehead atoms. The highest BCUT2D eigenvalue weighted by molar-refractivity contribution is 7.89. The minimum absolute atomic E-state index is 0.00809. The van der Waals surface area contributed by atoms with Crippen LogP contribution in [0.1, 0.15) is 40.5 Å². The molecule has 13 heteroatoms. The van der Waals surface area contributed by atoms with Crippen LogP contribution >= 0.6 is 0 Å². The smallest absolute Gasteiger partial charge is 0.356 e. The number of nitrogens with one attached hydrogen (secondary N) is 2. The number of aromatic nitrogens is 2. The number of carbonyl (C=O) groups excluding carboxylic acids is 1. The highest BCUT2D eigenvalue weighted by atomic mass is 32.2. The van der Waals surface area contributed by atoms with Gasteiger partial charge in [0.1, 0.15) is 16.5 Å². The number of halogens is 1. The van der Waals surface area contributed by atoms with Gasteiger partial charge >= 0.3 is 5.97 Å². The molecule has 0 aliphatic carbocycles.